The molecule has 24 heavy (non-hydrogen) atoms. The fraction of sp³-hybridized carbons (Fsp3) is 0.250. The van der Waals surface area contributed by atoms with Gasteiger partial charge in [-0.25, -0.2) is 4.79 Å². The van der Waals surface area contributed by atoms with Crippen molar-refractivity contribution in [2.75, 3.05) is 5.32 Å². The first-order valence-corrected chi connectivity index (χ1v) is 8.13. The number of benzene rings is 1. The van der Waals surface area contributed by atoms with Crippen LogP contribution in [0.1, 0.15) is 11.1 Å². The molecule has 0 aliphatic carbocycles. The number of carbonyl (C=O) groups is 1. The molecule has 0 saturated heterocycles. The highest BCUT2D eigenvalue weighted by Gasteiger charge is 2.16. The first kappa shape index (κ1) is 16.1. The van der Waals surface area contributed by atoms with E-state index in [1.807, 2.05) is 32.0 Å². The summed E-state index contributed by atoms with van der Waals surface area (Å²) in [6.07, 6.45) is 0. The predicted octanol–water partition coefficient (Wildman–Crippen LogP) is 1.41. The van der Waals surface area contributed by atoms with Crippen molar-refractivity contribution in [1.82, 2.24) is 13.5 Å². The van der Waals surface area contributed by atoms with Gasteiger partial charge in [-0.1, -0.05) is 18.2 Å². The molecule has 1 amide bonds. The molecule has 0 radical (unpaired) electrons. The highest BCUT2D eigenvalue weighted by atomic mass is 32.1. The van der Waals surface area contributed by atoms with E-state index < -0.39 is 11.2 Å². The molecule has 8 heteroatoms. The maximum absolute atomic E-state index is 12.4. The quantitative estimate of drug-likeness (QED) is 0.778. The lowest BCUT2D eigenvalue weighted by molar-refractivity contribution is -0.116. The zero-order valence-corrected chi connectivity index (χ0v) is 14.3. The molecule has 0 spiro atoms. The van der Waals surface area contributed by atoms with Crippen LogP contribution in [0, 0.1) is 13.8 Å². The smallest absolute Gasteiger partial charge is 0.324 e. The number of nitrogens with one attached hydrogen (secondary N) is 1. The number of nitrogens with zero attached hydrogens (tertiary/aromatic N) is 3. The number of amides is 1. The van der Waals surface area contributed by atoms with Crippen molar-refractivity contribution in [3.05, 3.63) is 55.5 Å². The molecular formula is C16H16N4O3S. The van der Waals surface area contributed by atoms with Crippen LogP contribution in [-0.4, -0.2) is 19.4 Å². The van der Waals surface area contributed by atoms with Crippen LogP contribution in [0.15, 0.2) is 33.2 Å². The first-order valence-electron chi connectivity index (χ1n) is 7.30. The van der Waals surface area contributed by atoms with E-state index >= 15 is 0 Å². The lowest BCUT2D eigenvalue weighted by Gasteiger charge is -2.13. The molecule has 0 bridgehead atoms. The molecule has 0 unspecified atom stereocenters. The Hall–Kier alpha value is -2.74. The van der Waals surface area contributed by atoms with Crippen molar-refractivity contribution in [3.63, 3.8) is 0 Å². The molecule has 1 N–H and O–H groups in total. The van der Waals surface area contributed by atoms with Crippen LogP contribution in [-0.2, 0) is 18.4 Å². The fourth-order valence-electron chi connectivity index (χ4n) is 2.59. The third kappa shape index (κ3) is 2.65. The number of fused-ring (bicyclic) bond motifs is 1. The maximum Gasteiger partial charge on any atom is 0.331 e. The number of hydrogen-bond acceptors (Lipinski definition) is 5. The Morgan fingerprint density at radius 2 is 1.92 bits per heavy atom. The number of para-hydroxylation sites is 1. The van der Waals surface area contributed by atoms with E-state index in [1.54, 1.807) is 5.38 Å². The van der Waals surface area contributed by atoms with Crippen LogP contribution in [0.25, 0.3) is 11.0 Å². The Labute approximate surface area is 141 Å². The van der Waals surface area contributed by atoms with E-state index in [1.165, 1.54) is 11.6 Å². The summed E-state index contributed by atoms with van der Waals surface area (Å²) in [5.74, 6) is -0.333. The molecule has 2 heterocycles. The number of aromatic nitrogens is 3. The van der Waals surface area contributed by atoms with E-state index in [0.717, 1.165) is 32.9 Å². The van der Waals surface area contributed by atoms with Crippen molar-refractivity contribution in [2.45, 2.75) is 20.4 Å². The molecule has 3 rings (SSSR count). The van der Waals surface area contributed by atoms with Crippen molar-refractivity contribution in [3.8, 4) is 0 Å². The van der Waals surface area contributed by atoms with Crippen LogP contribution in [0.2, 0.25) is 0 Å². The summed E-state index contributed by atoms with van der Waals surface area (Å²) < 4.78 is 6.25. The second-order valence-corrected chi connectivity index (χ2v) is 6.23. The van der Waals surface area contributed by atoms with E-state index in [9.17, 15) is 14.4 Å². The van der Waals surface area contributed by atoms with Gasteiger partial charge in [-0.3, -0.25) is 18.7 Å². The third-order valence-electron chi connectivity index (χ3n) is 3.91. The maximum atomic E-state index is 12.4. The zero-order valence-electron chi connectivity index (χ0n) is 13.5. The number of aryl methyl sites for hydroxylation is 2. The van der Waals surface area contributed by atoms with Gasteiger partial charge in [0.05, 0.1) is 5.52 Å². The van der Waals surface area contributed by atoms with E-state index in [4.69, 9.17) is 0 Å². The normalized spacial score (nSPS) is 11.0. The van der Waals surface area contributed by atoms with Crippen molar-refractivity contribution >= 4 is 34.2 Å². The molecule has 124 valence electrons. The van der Waals surface area contributed by atoms with Gasteiger partial charge in [-0.2, -0.15) is 4.37 Å². The van der Waals surface area contributed by atoms with Crippen LogP contribution >= 0.6 is 11.5 Å². The number of rotatable bonds is 3. The van der Waals surface area contributed by atoms with E-state index in [2.05, 4.69) is 9.69 Å². The van der Waals surface area contributed by atoms with Gasteiger partial charge in [0, 0.05) is 18.1 Å². The molecule has 3 aromatic rings. The summed E-state index contributed by atoms with van der Waals surface area (Å²) in [7, 11) is 1.38. The Morgan fingerprint density at radius 3 is 2.58 bits per heavy atom. The summed E-state index contributed by atoms with van der Waals surface area (Å²) >= 11 is 1.08. The van der Waals surface area contributed by atoms with Crippen LogP contribution in [0.3, 0.4) is 0 Å². The molecule has 0 saturated carbocycles. The van der Waals surface area contributed by atoms with Crippen molar-refractivity contribution in [2.24, 2.45) is 7.05 Å². The fourth-order valence-corrected chi connectivity index (χ4v) is 3.26. The Bertz CT molecular complexity index is 1040. The second-order valence-electron chi connectivity index (χ2n) is 5.60. The van der Waals surface area contributed by atoms with E-state index in [0.29, 0.717) is 5.52 Å². The molecule has 1 aromatic carbocycles. The summed E-state index contributed by atoms with van der Waals surface area (Å²) in [6, 6.07) is 5.72. The minimum absolute atomic E-state index is 0.185. The minimum Gasteiger partial charge on any atom is -0.324 e. The monoisotopic (exact) mass is 344 g/mol. The highest BCUT2D eigenvalue weighted by Crippen LogP contribution is 2.19. The van der Waals surface area contributed by atoms with Gasteiger partial charge >= 0.3 is 5.69 Å². The minimum atomic E-state index is -0.538. The first-order chi connectivity index (χ1) is 11.4. The number of anilines is 1. The summed E-state index contributed by atoms with van der Waals surface area (Å²) in [4.78, 5) is 36.8. The molecule has 0 atom stereocenters. The van der Waals surface area contributed by atoms with Crippen LogP contribution in [0.5, 0.6) is 0 Å². The number of hydrogen-bond donors (Lipinski definition) is 1. The lowest BCUT2D eigenvalue weighted by Crippen LogP contribution is -2.40. The van der Waals surface area contributed by atoms with Gasteiger partial charge in [0.15, 0.2) is 5.52 Å². The zero-order chi connectivity index (χ0) is 17.4. The topological polar surface area (TPSA) is 86.0 Å². The lowest BCUT2D eigenvalue weighted by atomic mass is 10.1. The van der Waals surface area contributed by atoms with Gasteiger partial charge in [0.25, 0.3) is 5.56 Å². The molecular weight excluding hydrogens is 328 g/mol. The molecule has 7 nitrogen and oxygen atoms in total. The molecule has 0 fully saturated rings. The second kappa shape index (κ2) is 6.04. The van der Waals surface area contributed by atoms with E-state index in [-0.39, 0.29) is 18.0 Å². The van der Waals surface area contributed by atoms with Crippen molar-refractivity contribution < 1.29 is 4.79 Å². The Kier molecular flexibility index (Phi) is 4.06. The predicted molar refractivity (Wildman–Crippen MR) is 93.7 cm³/mol. The average Bonchev–Trinajstić information content (AvgIpc) is 3.03. The Balaban J connectivity index is 1.99. The number of carbonyl (C=O) groups excluding carboxylic acids is 1. The standard InChI is InChI=1S/C16H16N4O3S/c1-9-5-4-6-10(2)13(9)17-12(21)7-20-11-8-24-18-14(11)15(22)19(3)16(20)23/h4-6,8H,7H2,1-3H3,(H,17,21). The van der Waals surface area contributed by atoms with Crippen molar-refractivity contribution in [1.29, 1.82) is 0 Å². The summed E-state index contributed by atoms with van der Waals surface area (Å²) in [5, 5.41) is 4.44. The van der Waals surface area contributed by atoms with Gasteiger partial charge in [-0.15, -0.1) is 0 Å². The largest absolute Gasteiger partial charge is 0.331 e. The van der Waals surface area contributed by atoms with Crippen LogP contribution in [0.4, 0.5) is 5.69 Å². The van der Waals surface area contributed by atoms with Gasteiger partial charge < -0.3 is 5.32 Å². The third-order valence-corrected chi connectivity index (χ3v) is 4.53. The van der Waals surface area contributed by atoms with Gasteiger partial charge in [0.1, 0.15) is 6.54 Å². The van der Waals surface area contributed by atoms with Gasteiger partial charge in [0.2, 0.25) is 5.91 Å². The Morgan fingerprint density at radius 1 is 1.25 bits per heavy atom. The molecule has 0 aliphatic rings. The summed E-state index contributed by atoms with van der Waals surface area (Å²) in [6.45, 7) is 3.62. The molecule has 2 aromatic heterocycles. The average molecular weight is 344 g/mol. The van der Waals surface area contributed by atoms with Gasteiger partial charge in [-0.05, 0) is 36.5 Å². The van der Waals surface area contributed by atoms with Crippen LogP contribution < -0.4 is 16.6 Å². The molecule has 0 aliphatic heterocycles. The SMILES string of the molecule is Cc1cccc(C)c1NC(=O)Cn1c(=O)n(C)c(=O)c2nscc21. The highest BCUT2D eigenvalue weighted by molar-refractivity contribution is 7.04. The summed E-state index contributed by atoms with van der Waals surface area (Å²) in [5.41, 5.74) is 2.20.